The summed E-state index contributed by atoms with van der Waals surface area (Å²) < 4.78 is 5.35. The molecule has 0 saturated carbocycles. The third-order valence-corrected chi connectivity index (χ3v) is 5.07. The third-order valence-electron chi connectivity index (χ3n) is 3.89. The van der Waals surface area contributed by atoms with E-state index in [-0.39, 0.29) is 11.9 Å². The van der Waals surface area contributed by atoms with Crippen molar-refractivity contribution in [2.45, 2.75) is 20.8 Å². The molecule has 0 spiro atoms. The highest BCUT2D eigenvalue weighted by molar-refractivity contribution is 7.20. The van der Waals surface area contributed by atoms with Crippen molar-refractivity contribution >= 4 is 44.9 Å². The van der Waals surface area contributed by atoms with Gasteiger partial charge in [-0.15, -0.1) is 11.3 Å². The highest BCUT2D eigenvalue weighted by atomic mass is 32.1. The van der Waals surface area contributed by atoms with E-state index < -0.39 is 5.91 Å². The van der Waals surface area contributed by atoms with Crippen LogP contribution in [0.1, 0.15) is 39.4 Å². The fraction of sp³-hybridized carbons (Fsp3) is 0.263. The summed E-state index contributed by atoms with van der Waals surface area (Å²) in [6.45, 7) is 6.20. The fourth-order valence-corrected chi connectivity index (χ4v) is 3.57. The first-order chi connectivity index (χ1) is 12.9. The van der Waals surface area contributed by atoms with Crippen molar-refractivity contribution in [2.75, 3.05) is 11.9 Å². The second kappa shape index (κ2) is 7.71. The average Bonchev–Trinajstić information content (AvgIpc) is 2.98. The lowest BCUT2D eigenvalue weighted by Crippen LogP contribution is -2.10. The largest absolute Gasteiger partial charge is 0.461 e. The monoisotopic (exact) mass is 384 g/mol. The predicted octanol–water partition coefficient (Wildman–Crippen LogP) is 3.66. The molecule has 3 aromatic rings. The van der Waals surface area contributed by atoms with Gasteiger partial charge >= 0.3 is 5.97 Å². The molecule has 0 aliphatic rings. The van der Waals surface area contributed by atoms with E-state index in [1.54, 1.807) is 24.3 Å². The first-order valence-corrected chi connectivity index (χ1v) is 9.26. The zero-order chi connectivity index (χ0) is 19.6. The second-order valence-electron chi connectivity index (χ2n) is 6.52. The topological polar surface area (TPSA) is 107 Å². The van der Waals surface area contributed by atoms with Crippen molar-refractivity contribution in [3.8, 4) is 0 Å². The summed E-state index contributed by atoms with van der Waals surface area (Å²) in [4.78, 5) is 33.4. The number of fused-ring (bicyclic) bond motifs is 1. The first kappa shape index (κ1) is 18.8. The van der Waals surface area contributed by atoms with Crippen LogP contribution in [-0.4, -0.2) is 28.5 Å². The summed E-state index contributed by atoms with van der Waals surface area (Å²) in [7, 11) is 0. The molecular weight excluding hydrogens is 364 g/mol. The molecule has 8 heteroatoms. The van der Waals surface area contributed by atoms with Gasteiger partial charge in [0.15, 0.2) is 0 Å². The van der Waals surface area contributed by atoms with Crippen LogP contribution in [0.3, 0.4) is 0 Å². The molecular formula is C19H20N4O3S. The number of thiophene rings is 1. The van der Waals surface area contributed by atoms with Gasteiger partial charge < -0.3 is 15.8 Å². The Morgan fingerprint density at radius 2 is 1.93 bits per heavy atom. The summed E-state index contributed by atoms with van der Waals surface area (Å²) in [5, 5.41) is 3.98. The van der Waals surface area contributed by atoms with Gasteiger partial charge in [0.25, 0.3) is 0 Å². The Hall–Kier alpha value is -3.00. The number of rotatable bonds is 6. The van der Waals surface area contributed by atoms with Crippen LogP contribution >= 0.6 is 11.3 Å². The molecule has 0 bridgehead atoms. The van der Waals surface area contributed by atoms with Crippen molar-refractivity contribution in [3.63, 3.8) is 0 Å². The zero-order valence-electron chi connectivity index (χ0n) is 15.3. The van der Waals surface area contributed by atoms with E-state index in [1.807, 2.05) is 20.8 Å². The molecule has 1 aromatic carbocycles. The van der Waals surface area contributed by atoms with Crippen LogP contribution in [0.5, 0.6) is 0 Å². The van der Waals surface area contributed by atoms with Crippen LogP contribution in [-0.2, 0) is 4.74 Å². The molecule has 0 atom stereocenters. The number of benzene rings is 1. The quantitative estimate of drug-likeness (QED) is 0.628. The number of nitrogens with one attached hydrogen (secondary N) is 1. The summed E-state index contributed by atoms with van der Waals surface area (Å²) >= 11 is 1.29. The van der Waals surface area contributed by atoms with Gasteiger partial charge in [0.2, 0.25) is 5.91 Å². The molecule has 27 heavy (non-hydrogen) atoms. The van der Waals surface area contributed by atoms with Gasteiger partial charge in [-0.1, -0.05) is 13.8 Å². The molecule has 2 aromatic heterocycles. The maximum atomic E-state index is 12.4. The van der Waals surface area contributed by atoms with Crippen LogP contribution in [0, 0.1) is 12.8 Å². The van der Waals surface area contributed by atoms with E-state index in [9.17, 15) is 9.59 Å². The Morgan fingerprint density at radius 3 is 2.56 bits per heavy atom. The van der Waals surface area contributed by atoms with E-state index in [4.69, 9.17) is 10.5 Å². The molecule has 3 N–H and O–H groups in total. The van der Waals surface area contributed by atoms with Crippen LogP contribution in [0.25, 0.3) is 10.2 Å². The number of nitrogens with two attached hydrogens (primary N) is 1. The van der Waals surface area contributed by atoms with Crippen molar-refractivity contribution in [2.24, 2.45) is 11.7 Å². The number of carbonyl (C=O) groups is 2. The fourth-order valence-electron chi connectivity index (χ4n) is 2.52. The van der Waals surface area contributed by atoms with E-state index in [1.165, 1.54) is 17.7 Å². The summed E-state index contributed by atoms with van der Waals surface area (Å²) in [6, 6.07) is 6.76. The number of nitrogens with zero attached hydrogens (tertiary/aromatic N) is 2. The van der Waals surface area contributed by atoms with E-state index in [2.05, 4.69) is 15.3 Å². The smallest absolute Gasteiger partial charge is 0.348 e. The Morgan fingerprint density at radius 1 is 1.22 bits per heavy atom. The lowest BCUT2D eigenvalue weighted by Gasteiger charge is -2.08. The number of amides is 1. The second-order valence-corrected chi connectivity index (χ2v) is 7.52. The van der Waals surface area contributed by atoms with Gasteiger partial charge in [-0.25, -0.2) is 14.8 Å². The summed E-state index contributed by atoms with van der Waals surface area (Å²) in [6.07, 6.45) is 1.45. The molecule has 3 rings (SSSR count). The number of esters is 1. The van der Waals surface area contributed by atoms with Gasteiger partial charge in [0, 0.05) is 11.3 Å². The highest BCUT2D eigenvalue weighted by Gasteiger charge is 2.20. The maximum Gasteiger partial charge on any atom is 0.348 e. The van der Waals surface area contributed by atoms with Crippen LogP contribution in [0.4, 0.5) is 11.5 Å². The minimum atomic E-state index is -0.482. The SMILES string of the molecule is Cc1c(C(=O)OCC(C)C)sc2ncnc(Nc3ccc(C(N)=O)cc3)c12. The van der Waals surface area contributed by atoms with Crippen molar-refractivity contribution in [3.05, 3.63) is 46.6 Å². The molecule has 2 heterocycles. The zero-order valence-corrected chi connectivity index (χ0v) is 16.1. The van der Waals surface area contributed by atoms with Crippen LogP contribution in [0.2, 0.25) is 0 Å². The third kappa shape index (κ3) is 4.06. The minimum absolute atomic E-state index is 0.268. The first-order valence-electron chi connectivity index (χ1n) is 8.45. The van der Waals surface area contributed by atoms with E-state index in [0.29, 0.717) is 27.7 Å². The lowest BCUT2D eigenvalue weighted by molar-refractivity contribution is 0.0464. The molecule has 140 valence electrons. The number of hydrogen-bond acceptors (Lipinski definition) is 7. The molecule has 7 nitrogen and oxygen atoms in total. The number of hydrogen-bond donors (Lipinski definition) is 2. The van der Waals surface area contributed by atoms with Gasteiger partial charge in [0.05, 0.1) is 12.0 Å². The standard InChI is InChI=1S/C19H20N4O3S/c1-10(2)8-26-19(25)15-11(3)14-17(21-9-22-18(14)27-15)23-13-6-4-12(5-7-13)16(20)24/h4-7,9-10H,8H2,1-3H3,(H2,20,24)(H,21,22,23). The Balaban J connectivity index is 1.92. The molecule has 0 saturated heterocycles. The minimum Gasteiger partial charge on any atom is -0.461 e. The number of carbonyl (C=O) groups excluding carboxylic acids is 2. The maximum absolute atomic E-state index is 12.4. The average molecular weight is 384 g/mol. The molecule has 0 fully saturated rings. The summed E-state index contributed by atoms with van der Waals surface area (Å²) in [5.74, 6) is 0.0256. The highest BCUT2D eigenvalue weighted by Crippen LogP contribution is 2.34. The van der Waals surface area contributed by atoms with Crippen molar-refractivity contribution < 1.29 is 14.3 Å². The number of aromatic nitrogens is 2. The Bertz CT molecular complexity index is 996. The van der Waals surface area contributed by atoms with Gasteiger partial charge in [0.1, 0.15) is 21.9 Å². The Labute approximate surface area is 160 Å². The van der Waals surface area contributed by atoms with Gasteiger partial charge in [-0.05, 0) is 42.7 Å². The molecule has 0 aliphatic carbocycles. The summed E-state index contributed by atoms with van der Waals surface area (Å²) in [5.41, 5.74) is 7.21. The predicted molar refractivity (Wildman–Crippen MR) is 106 cm³/mol. The van der Waals surface area contributed by atoms with Crippen molar-refractivity contribution in [1.82, 2.24) is 9.97 Å². The Kier molecular flexibility index (Phi) is 5.36. The molecule has 0 unspecified atom stereocenters. The number of anilines is 2. The molecule has 0 radical (unpaired) electrons. The van der Waals surface area contributed by atoms with E-state index in [0.717, 1.165) is 16.6 Å². The van der Waals surface area contributed by atoms with E-state index >= 15 is 0 Å². The number of primary amides is 1. The normalized spacial score (nSPS) is 11.0. The number of ether oxygens (including phenoxy) is 1. The van der Waals surface area contributed by atoms with Gasteiger partial charge in [-0.3, -0.25) is 4.79 Å². The number of aryl methyl sites for hydroxylation is 1. The van der Waals surface area contributed by atoms with Crippen molar-refractivity contribution in [1.29, 1.82) is 0 Å². The van der Waals surface area contributed by atoms with Crippen LogP contribution in [0.15, 0.2) is 30.6 Å². The molecule has 0 aliphatic heterocycles. The van der Waals surface area contributed by atoms with Gasteiger partial charge in [-0.2, -0.15) is 0 Å². The molecule has 1 amide bonds. The lowest BCUT2D eigenvalue weighted by atomic mass is 10.1. The van der Waals surface area contributed by atoms with Crippen LogP contribution < -0.4 is 11.1 Å².